The highest BCUT2D eigenvalue weighted by Crippen LogP contribution is 2.30. The van der Waals surface area contributed by atoms with Gasteiger partial charge in [-0.15, -0.1) is 11.3 Å². The number of hydrogen-bond donors (Lipinski definition) is 2. The van der Waals surface area contributed by atoms with Gasteiger partial charge in [-0.2, -0.15) is 0 Å². The Bertz CT molecular complexity index is 1020. The van der Waals surface area contributed by atoms with E-state index in [1.165, 1.54) is 0 Å². The third-order valence-corrected chi connectivity index (χ3v) is 5.54. The van der Waals surface area contributed by atoms with E-state index in [-0.39, 0.29) is 11.8 Å². The first-order valence-electron chi connectivity index (χ1n) is 8.66. The molecule has 1 saturated heterocycles. The molecule has 2 aromatic heterocycles. The number of fused-ring (bicyclic) bond motifs is 1. The monoisotopic (exact) mass is 385 g/mol. The van der Waals surface area contributed by atoms with Crippen LogP contribution in [0.15, 0.2) is 28.1 Å². The molecule has 0 aliphatic carbocycles. The van der Waals surface area contributed by atoms with Crippen molar-refractivity contribution < 1.29 is 18.7 Å². The fourth-order valence-electron chi connectivity index (χ4n) is 3.15. The second-order valence-electron chi connectivity index (χ2n) is 6.45. The summed E-state index contributed by atoms with van der Waals surface area (Å²) in [6.07, 6.45) is 0.585. The van der Waals surface area contributed by atoms with E-state index >= 15 is 0 Å². The number of nitrogens with zero attached hydrogens (tertiary/aromatic N) is 1. The summed E-state index contributed by atoms with van der Waals surface area (Å²) in [4.78, 5) is 29.7. The summed E-state index contributed by atoms with van der Waals surface area (Å²) in [6, 6.07) is 4.89. The molecule has 2 amide bonds. The topological polar surface area (TPSA) is 93.5 Å². The van der Waals surface area contributed by atoms with Crippen LogP contribution in [0.1, 0.15) is 33.1 Å². The van der Waals surface area contributed by atoms with Gasteiger partial charge in [0.2, 0.25) is 5.91 Å². The van der Waals surface area contributed by atoms with E-state index in [9.17, 15) is 9.59 Å². The number of furan rings is 1. The molecule has 7 nitrogen and oxygen atoms in total. The fraction of sp³-hybridized carbons (Fsp3) is 0.316. The molecule has 0 radical (unpaired) electrons. The molecule has 1 aliphatic heterocycles. The molecule has 2 N–H and O–H groups in total. The Labute approximate surface area is 159 Å². The molecule has 4 rings (SSSR count). The van der Waals surface area contributed by atoms with Crippen LogP contribution in [0, 0.1) is 13.8 Å². The Hall–Kier alpha value is -2.87. The van der Waals surface area contributed by atoms with E-state index in [1.807, 2.05) is 13.0 Å². The maximum Gasteiger partial charge on any atom is 0.256 e. The van der Waals surface area contributed by atoms with Gasteiger partial charge in [-0.1, -0.05) is 0 Å². The van der Waals surface area contributed by atoms with Crippen molar-refractivity contribution >= 4 is 34.1 Å². The molecular formula is C19H19N3O4S. The smallest absolute Gasteiger partial charge is 0.256 e. The van der Waals surface area contributed by atoms with E-state index in [2.05, 4.69) is 15.6 Å². The molecular weight excluding hydrogens is 366 g/mol. The average molecular weight is 385 g/mol. The van der Waals surface area contributed by atoms with Crippen molar-refractivity contribution in [3.8, 4) is 5.75 Å². The van der Waals surface area contributed by atoms with Gasteiger partial charge in [0.05, 0.1) is 21.6 Å². The summed E-state index contributed by atoms with van der Waals surface area (Å²) in [5.74, 6) is 0.682. The zero-order valence-corrected chi connectivity index (χ0v) is 15.8. The number of nitrogens with one attached hydrogen (secondary N) is 2. The number of hydrogen-bond acceptors (Lipinski definition) is 6. The number of aryl methyl sites for hydroxylation is 2. The number of aromatic nitrogens is 1. The molecule has 0 bridgehead atoms. The van der Waals surface area contributed by atoms with Crippen molar-refractivity contribution in [3.63, 3.8) is 0 Å². The Morgan fingerprint density at radius 2 is 2.30 bits per heavy atom. The number of amides is 2. The zero-order chi connectivity index (χ0) is 19.0. The van der Waals surface area contributed by atoms with E-state index in [0.29, 0.717) is 47.6 Å². The van der Waals surface area contributed by atoms with Crippen molar-refractivity contribution in [2.45, 2.75) is 32.9 Å². The summed E-state index contributed by atoms with van der Waals surface area (Å²) >= 11 is 1.55. The first-order valence-corrected chi connectivity index (χ1v) is 9.54. The van der Waals surface area contributed by atoms with Crippen LogP contribution in [-0.2, 0) is 11.4 Å². The summed E-state index contributed by atoms with van der Waals surface area (Å²) < 4.78 is 11.6. The molecule has 140 valence electrons. The molecule has 0 saturated carbocycles. The molecule has 1 aromatic carbocycles. The van der Waals surface area contributed by atoms with Crippen LogP contribution in [0.25, 0.3) is 11.0 Å². The van der Waals surface area contributed by atoms with E-state index in [0.717, 1.165) is 10.6 Å². The van der Waals surface area contributed by atoms with Gasteiger partial charge in [0.15, 0.2) is 0 Å². The largest absolute Gasteiger partial charge is 0.488 e. The van der Waals surface area contributed by atoms with E-state index in [1.54, 1.807) is 35.9 Å². The zero-order valence-electron chi connectivity index (χ0n) is 15.0. The predicted octanol–water partition coefficient (Wildman–Crippen LogP) is 2.70. The van der Waals surface area contributed by atoms with Crippen LogP contribution in [0.5, 0.6) is 5.75 Å². The van der Waals surface area contributed by atoms with Gasteiger partial charge in [-0.3, -0.25) is 9.59 Å². The van der Waals surface area contributed by atoms with Crippen molar-refractivity contribution in [2.75, 3.05) is 6.54 Å². The summed E-state index contributed by atoms with van der Waals surface area (Å²) in [5.41, 5.74) is 3.78. The normalized spacial score (nSPS) is 16.5. The van der Waals surface area contributed by atoms with Crippen LogP contribution < -0.4 is 15.4 Å². The number of ether oxygens (including phenoxy) is 1. The Morgan fingerprint density at radius 1 is 1.44 bits per heavy atom. The van der Waals surface area contributed by atoms with Crippen LogP contribution in [0.3, 0.4) is 0 Å². The molecule has 3 heterocycles. The molecule has 1 fully saturated rings. The number of carbonyl (C=O) groups is 2. The number of rotatable bonds is 5. The lowest BCUT2D eigenvalue weighted by molar-refractivity contribution is -0.120. The fourth-order valence-corrected chi connectivity index (χ4v) is 3.84. The Balaban J connectivity index is 1.58. The Kier molecular flexibility index (Phi) is 4.57. The van der Waals surface area contributed by atoms with E-state index in [4.69, 9.17) is 9.15 Å². The first-order chi connectivity index (χ1) is 13.0. The van der Waals surface area contributed by atoms with Gasteiger partial charge in [0.1, 0.15) is 29.7 Å². The van der Waals surface area contributed by atoms with Crippen LogP contribution in [0.2, 0.25) is 0 Å². The average Bonchev–Trinajstić information content (AvgIpc) is 3.31. The minimum atomic E-state index is -0.504. The third-order valence-electron chi connectivity index (χ3n) is 4.63. The highest BCUT2D eigenvalue weighted by Gasteiger charge is 2.28. The lowest BCUT2D eigenvalue weighted by Crippen LogP contribution is -2.40. The van der Waals surface area contributed by atoms with Gasteiger partial charge in [-0.05, 0) is 38.5 Å². The lowest BCUT2D eigenvalue weighted by atomic mass is 10.1. The van der Waals surface area contributed by atoms with Gasteiger partial charge in [-0.25, -0.2) is 4.98 Å². The highest BCUT2D eigenvalue weighted by molar-refractivity contribution is 7.09. The third kappa shape index (κ3) is 3.40. The summed E-state index contributed by atoms with van der Waals surface area (Å²) in [7, 11) is 0. The van der Waals surface area contributed by atoms with Gasteiger partial charge in [0, 0.05) is 11.9 Å². The predicted molar refractivity (Wildman–Crippen MR) is 101 cm³/mol. The summed E-state index contributed by atoms with van der Waals surface area (Å²) in [5, 5.41) is 6.17. The second kappa shape index (κ2) is 7.03. The standard InChI is InChI=1S/C19H19N3O4S/c1-10-16(27-9-21-10)8-25-12-3-4-15-13(7-12)17(11(2)26-15)19(24)22-14-5-6-20-18(14)23/h3-4,7,9,14H,5-6,8H2,1-2H3,(H,20,23)(H,22,24). The minimum absolute atomic E-state index is 0.155. The molecule has 1 aliphatic rings. The lowest BCUT2D eigenvalue weighted by Gasteiger charge is -2.10. The first kappa shape index (κ1) is 17.5. The Morgan fingerprint density at radius 3 is 3.00 bits per heavy atom. The SMILES string of the molecule is Cc1ncsc1COc1ccc2oc(C)c(C(=O)NC3CCNC3=O)c2c1. The molecule has 8 heteroatoms. The summed E-state index contributed by atoms with van der Waals surface area (Å²) in [6.45, 7) is 4.68. The highest BCUT2D eigenvalue weighted by atomic mass is 32.1. The number of benzene rings is 1. The van der Waals surface area contributed by atoms with Crippen LogP contribution in [-0.4, -0.2) is 29.4 Å². The minimum Gasteiger partial charge on any atom is -0.488 e. The molecule has 0 spiro atoms. The number of thiazole rings is 1. The van der Waals surface area contributed by atoms with Gasteiger partial charge in [0.25, 0.3) is 5.91 Å². The van der Waals surface area contributed by atoms with Crippen molar-refractivity contribution in [3.05, 3.63) is 45.6 Å². The molecule has 3 aromatic rings. The quantitative estimate of drug-likeness (QED) is 0.704. The van der Waals surface area contributed by atoms with Crippen molar-refractivity contribution in [2.24, 2.45) is 0 Å². The second-order valence-corrected chi connectivity index (χ2v) is 7.39. The molecule has 1 unspecified atom stereocenters. The van der Waals surface area contributed by atoms with Gasteiger partial charge >= 0.3 is 0 Å². The van der Waals surface area contributed by atoms with Crippen molar-refractivity contribution in [1.29, 1.82) is 0 Å². The van der Waals surface area contributed by atoms with Crippen LogP contribution in [0.4, 0.5) is 0 Å². The van der Waals surface area contributed by atoms with Gasteiger partial charge < -0.3 is 19.8 Å². The van der Waals surface area contributed by atoms with Crippen LogP contribution >= 0.6 is 11.3 Å². The molecule has 27 heavy (non-hydrogen) atoms. The maximum absolute atomic E-state index is 12.7. The maximum atomic E-state index is 12.7. The number of carbonyl (C=O) groups excluding carboxylic acids is 2. The van der Waals surface area contributed by atoms with Crippen molar-refractivity contribution in [1.82, 2.24) is 15.6 Å². The molecule has 1 atom stereocenters. The van der Waals surface area contributed by atoms with E-state index < -0.39 is 6.04 Å².